The second-order valence-electron chi connectivity index (χ2n) is 5.31. The molecule has 0 bridgehead atoms. The summed E-state index contributed by atoms with van der Waals surface area (Å²) >= 11 is 1.46. The van der Waals surface area contributed by atoms with Crippen LogP contribution in [0.2, 0.25) is 0 Å². The number of rotatable bonds is 5. The fourth-order valence-electron chi connectivity index (χ4n) is 2.50. The lowest BCUT2D eigenvalue weighted by molar-refractivity contribution is -0.143. The quantitative estimate of drug-likeness (QED) is 0.785. The summed E-state index contributed by atoms with van der Waals surface area (Å²) in [6.45, 7) is 5.27. The Morgan fingerprint density at radius 3 is 2.60 bits per heavy atom. The summed E-state index contributed by atoms with van der Waals surface area (Å²) in [5.41, 5.74) is 0. The summed E-state index contributed by atoms with van der Waals surface area (Å²) in [6.07, 6.45) is 1.69. The molecule has 20 heavy (non-hydrogen) atoms. The zero-order chi connectivity index (χ0) is 14.5. The molecule has 0 aromatic carbocycles. The predicted molar refractivity (Wildman–Crippen MR) is 79.1 cm³/mol. The van der Waals surface area contributed by atoms with Crippen molar-refractivity contribution in [1.82, 2.24) is 4.90 Å². The number of amides is 1. The molecular weight excluding hydrogens is 274 g/mol. The van der Waals surface area contributed by atoms with Crippen molar-refractivity contribution in [2.24, 2.45) is 0 Å². The number of hydrogen-bond acceptors (Lipinski definition) is 4. The number of nitrogens with zero attached hydrogens (tertiary/aromatic N) is 1. The summed E-state index contributed by atoms with van der Waals surface area (Å²) in [5, 5.41) is 1.90. The molecule has 0 N–H and O–H groups in total. The average molecular weight is 295 g/mol. The van der Waals surface area contributed by atoms with Crippen molar-refractivity contribution in [3.63, 3.8) is 0 Å². The number of Topliss-reactive ketones (excluding diaryl/α,β-unsaturated/α-hetero) is 1. The minimum absolute atomic E-state index is 0.0930. The second kappa shape index (κ2) is 6.99. The highest BCUT2D eigenvalue weighted by Crippen LogP contribution is 2.15. The van der Waals surface area contributed by atoms with Crippen molar-refractivity contribution in [3.8, 4) is 0 Å². The molecule has 0 aliphatic carbocycles. The molecule has 1 fully saturated rings. The highest BCUT2D eigenvalue weighted by Gasteiger charge is 2.25. The van der Waals surface area contributed by atoms with Gasteiger partial charge in [0.25, 0.3) is 0 Å². The van der Waals surface area contributed by atoms with E-state index in [1.807, 2.05) is 36.3 Å². The van der Waals surface area contributed by atoms with Crippen molar-refractivity contribution < 1.29 is 14.3 Å². The van der Waals surface area contributed by atoms with Crippen LogP contribution in [0.4, 0.5) is 0 Å². The molecule has 2 rings (SSSR count). The van der Waals surface area contributed by atoms with Gasteiger partial charge in [-0.15, -0.1) is 11.3 Å². The number of ketones is 1. The molecule has 0 radical (unpaired) electrons. The molecule has 0 saturated carbocycles. The number of carbonyl (C=O) groups is 2. The van der Waals surface area contributed by atoms with Gasteiger partial charge in [-0.05, 0) is 31.7 Å². The molecule has 1 saturated heterocycles. The standard InChI is InChI=1S/C15H21NO3S/c1-11-9-16(10-12(2)19-11)15(18)7-3-5-13(17)14-6-4-8-20-14/h4,6,8,11-12H,3,5,7,9-10H2,1-2H3. The van der Waals surface area contributed by atoms with Crippen molar-refractivity contribution in [3.05, 3.63) is 22.4 Å². The maximum Gasteiger partial charge on any atom is 0.222 e. The minimum Gasteiger partial charge on any atom is -0.372 e. The molecule has 1 aliphatic heterocycles. The van der Waals surface area contributed by atoms with Crippen LogP contribution < -0.4 is 0 Å². The predicted octanol–water partition coefficient (Wildman–Crippen LogP) is 2.74. The van der Waals surface area contributed by atoms with Gasteiger partial charge in [-0.1, -0.05) is 6.07 Å². The van der Waals surface area contributed by atoms with E-state index in [0.717, 1.165) is 4.88 Å². The van der Waals surface area contributed by atoms with Crippen LogP contribution in [0, 0.1) is 0 Å². The maximum absolute atomic E-state index is 12.1. The van der Waals surface area contributed by atoms with E-state index < -0.39 is 0 Å². The van der Waals surface area contributed by atoms with Crippen LogP contribution in [0.1, 0.15) is 42.8 Å². The van der Waals surface area contributed by atoms with E-state index in [1.165, 1.54) is 11.3 Å². The van der Waals surface area contributed by atoms with Gasteiger partial charge >= 0.3 is 0 Å². The molecule has 2 heterocycles. The number of hydrogen-bond donors (Lipinski definition) is 0. The summed E-state index contributed by atoms with van der Waals surface area (Å²) in [5.74, 6) is 0.266. The number of morpholine rings is 1. The first-order chi connectivity index (χ1) is 9.56. The molecule has 1 amide bonds. The van der Waals surface area contributed by atoms with Crippen LogP contribution in [0.15, 0.2) is 17.5 Å². The highest BCUT2D eigenvalue weighted by atomic mass is 32.1. The fraction of sp³-hybridized carbons (Fsp3) is 0.600. The Bertz CT molecular complexity index is 448. The summed E-state index contributed by atoms with van der Waals surface area (Å²) in [4.78, 5) is 26.6. The zero-order valence-electron chi connectivity index (χ0n) is 12.0. The van der Waals surface area contributed by atoms with E-state index in [2.05, 4.69) is 0 Å². The lowest BCUT2D eigenvalue weighted by Gasteiger charge is -2.35. The normalized spacial score (nSPS) is 22.8. The summed E-state index contributed by atoms with van der Waals surface area (Å²) in [7, 11) is 0. The van der Waals surface area contributed by atoms with Crippen LogP contribution in [0.25, 0.3) is 0 Å². The van der Waals surface area contributed by atoms with Crippen LogP contribution in [0.3, 0.4) is 0 Å². The Kier molecular flexibility index (Phi) is 5.31. The number of carbonyl (C=O) groups excluding carboxylic acids is 2. The Labute approximate surface area is 123 Å². The third-order valence-electron chi connectivity index (χ3n) is 3.36. The van der Waals surface area contributed by atoms with Crippen molar-refractivity contribution in [2.45, 2.75) is 45.3 Å². The molecule has 1 aromatic rings. The third-order valence-corrected chi connectivity index (χ3v) is 4.27. The molecule has 4 nitrogen and oxygen atoms in total. The topological polar surface area (TPSA) is 46.6 Å². The highest BCUT2D eigenvalue weighted by molar-refractivity contribution is 7.12. The van der Waals surface area contributed by atoms with Gasteiger partial charge in [-0.25, -0.2) is 0 Å². The smallest absolute Gasteiger partial charge is 0.222 e. The van der Waals surface area contributed by atoms with Gasteiger partial charge in [0.1, 0.15) is 0 Å². The van der Waals surface area contributed by atoms with Crippen molar-refractivity contribution >= 4 is 23.0 Å². The SMILES string of the molecule is CC1CN(C(=O)CCCC(=O)c2cccs2)CC(C)O1. The molecule has 2 unspecified atom stereocenters. The monoisotopic (exact) mass is 295 g/mol. The summed E-state index contributed by atoms with van der Waals surface area (Å²) < 4.78 is 5.61. The van der Waals surface area contributed by atoms with Gasteiger partial charge in [0.05, 0.1) is 17.1 Å². The molecule has 2 atom stereocenters. The van der Waals surface area contributed by atoms with Crippen LogP contribution >= 0.6 is 11.3 Å². The molecular formula is C15H21NO3S. The number of thiophene rings is 1. The average Bonchev–Trinajstić information content (AvgIpc) is 2.91. The van der Waals surface area contributed by atoms with Gasteiger partial charge in [-0.2, -0.15) is 0 Å². The Hall–Kier alpha value is -1.20. The largest absolute Gasteiger partial charge is 0.372 e. The molecule has 1 aliphatic rings. The van der Waals surface area contributed by atoms with E-state index in [-0.39, 0.29) is 23.9 Å². The van der Waals surface area contributed by atoms with Crippen molar-refractivity contribution in [2.75, 3.05) is 13.1 Å². The Morgan fingerprint density at radius 2 is 2.00 bits per heavy atom. The van der Waals surface area contributed by atoms with Gasteiger partial charge < -0.3 is 9.64 Å². The van der Waals surface area contributed by atoms with Gasteiger partial charge in [0.2, 0.25) is 5.91 Å². The van der Waals surface area contributed by atoms with E-state index in [4.69, 9.17) is 4.74 Å². The molecule has 110 valence electrons. The zero-order valence-corrected chi connectivity index (χ0v) is 12.8. The molecule has 5 heteroatoms. The lowest BCUT2D eigenvalue weighted by atomic mass is 10.1. The van der Waals surface area contributed by atoms with Gasteiger partial charge in [0, 0.05) is 25.9 Å². The molecule has 1 aromatic heterocycles. The fourth-order valence-corrected chi connectivity index (χ4v) is 3.19. The van der Waals surface area contributed by atoms with Crippen LogP contribution in [-0.4, -0.2) is 41.9 Å². The van der Waals surface area contributed by atoms with E-state index in [1.54, 1.807) is 0 Å². The van der Waals surface area contributed by atoms with Gasteiger partial charge in [-0.3, -0.25) is 9.59 Å². The van der Waals surface area contributed by atoms with Crippen molar-refractivity contribution in [1.29, 1.82) is 0 Å². The van der Waals surface area contributed by atoms with Crippen LogP contribution in [-0.2, 0) is 9.53 Å². The van der Waals surface area contributed by atoms with Gasteiger partial charge in [0.15, 0.2) is 5.78 Å². The second-order valence-corrected chi connectivity index (χ2v) is 6.26. The first kappa shape index (κ1) is 15.2. The van der Waals surface area contributed by atoms with Crippen LogP contribution in [0.5, 0.6) is 0 Å². The van der Waals surface area contributed by atoms with E-state index >= 15 is 0 Å². The van der Waals surface area contributed by atoms with E-state index in [9.17, 15) is 9.59 Å². The minimum atomic E-state index is 0.0930. The Balaban J connectivity index is 1.73. The Morgan fingerprint density at radius 1 is 1.30 bits per heavy atom. The summed E-state index contributed by atoms with van der Waals surface area (Å²) in [6, 6.07) is 3.71. The number of ether oxygens (including phenoxy) is 1. The lowest BCUT2D eigenvalue weighted by Crippen LogP contribution is -2.48. The first-order valence-electron chi connectivity index (χ1n) is 7.06. The van der Waals surface area contributed by atoms with E-state index in [0.29, 0.717) is 32.4 Å². The molecule has 0 spiro atoms. The maximum atomic E-state index is 12.1. The first-order valence-corrected chi connectivity index (χ1v) is 7.94. The third kappa shape index (κ3) is 4.15.